The van der Waals surface area contributed by atoms with Gasteiger partial charge in [-0.1, -0.05) is 18.7 Å². The van der Waals surface area contributed by atoms with Gasteiger partial charge in [-0.3, -0.25) is 0 Å². The fourth-order valence-electron chi connectivity index (χ4n) is 0.767. The van der Waals surface area contributed by atoms with Crippen LogP contribution in [0.2, 0.25) is 0 Å². The van der Waals surface area contributed by atoms with Gasteiger partial charge in [-0.15, -0.1) is 10.2 Å². The van der Waals surface area contributed by atoms with E-state index in [1.54, 1.807) is 0 Å². The lowest BCUT2D eigenvalue weighted by Gasteiger charge is -2.02. The Balaban J connectivity index is 3.01. The van der Waals surface area contributed by atoms with Crippen molar-refractivity contribution in [3.05, 3.63) is 0 Å². The highest BCUT2D eigenvalue weighted by Crippen LogP contribution is 2.17. The third-order valence-corrected chi connectivity index (χ3v) is 2.10. The van der Waals surface area contributed by atoms with Crippen molar-refractivity contribution in [1.29, 1.82) is 0 Å². The van der Waals surface area contributed by atoms with E-state index in [1.165, 1.54) is 18.9 Å². The lowest BCUT2D eigenvalue weighted by Crippen LogP contribution is -2.15. The molecule has 0 spiro atoms. The zero-order valence-electron chi connectivity index (χ0n) is 7.35. The SMILES string of the molecule is CCSc1nnc(N)n1C(=O)OC. The van der Waals surface area contributed by atoms with E-state index < -0.39 is 6.09 Å². The average Bonchev–Trinajstić information content (AvgIpc) is 2.47. The van der Waals surface area contributed by atoms with Crippen molar-refractivity contribution < 1.29 is 9.53 Å². The molecule has 0 atom stereocenters. The number of thioether (sulfide) groups is 1. The fourth-order valence-corrected chi connectivity index (χ4v) is 1.42. The number of nitrogens with two attached hydrogens (primary N) is 1. The van der Waals surface area contributed by atoms with Gasteiger partial charge in [0.15, 0.2) is 0 Å². The van der Waals surface area contributed by atoms with Gasteiger partial charge in [0.25, 0.3) is 0 Å². The standard InChI is InChI=1S/C6H10N4O2S/c1-3-13-5-9-8-4(7)10(5)6(11)12-2/h3H2,1-2H3,(H2,7,8). The van der Waals surface area contributed by atoms with Gasteiger partial charge in [-0.2, -0.15) is 4.57 Å². The minimum Gasteiger partial charge on any atom is -0.452 e. The van der Waals surface area contributed by atoms with Crippen molar-refractivity contribution in [1.82, 2.24) is 14.8 Å². The summed E-state index contributed by atoms with van der Waals surface area (Å²) < 4.78 is 5.65. The summed E-state index contributed by atoms with van der Waals surface area (Å²) in [6.07, 6.45) is -0.571. The normalized spacial score (nSPS) is 10.0. The third-order valence-electron chi connectivity index (χ3n) is 1.29. The van der Waals surface area contributed by atoms with Crippen LogP contribution in [0, 0.1) is 0 Å². The Kier molecular flexibility index (Phi) is 3.13. The zero-order valence-corrected chi connectivity index (χ0v) is 8.17. The molecule has 0 saturated carbocycles. The highest BCUT2D eigenvalue weighted by molar-refractivity contribution is 7.99. The highest BCUT2D eigenvalue weighted by Gasteiger charge is 2.16. The van der Waals surface area contributed by atoms with E-state index in [2.05, 4.69) is 14.9 Å². The molecule has 0 aromatic carbocycles. The first kappa shape index (κ1) is 9.85. The number of nitrogen functional groups attached to an aromatic ring is 1. The molecule has 1 heterocycles. The first-order valence-electron chi connectivity index (χ1n) is 3.62. The molecule has 2 N–H and O–H groups in total. The van der Waals surface area contributed by atoms with Crippen LogP contribution < -0.4 is 5.73 Å². The molecule has 0 unspecified atom stereocenters. The fraction of sp³-hybridized carbons (Fsp3) is 0.500. The summed E-state index contributed by atoms with van der Waals surface area (Å²) in [4.78, 5) is 11.2. The van der Waals surface area contributed by atoms with E-state index in [4.69, 9.17) is 5.73 Å². The molecule has 7 heteroatoms. The van der Waals surface area contributed by atoms with Gasteiger partial charge in [-0.25, -0.2) is 4.79 Å². The van der Waals surface area contributed by atoms with E-state index in [9.17, 15) is 4.79 Å². The van der Waals surface area contributed by atoms with Gasteiger partial charge in [0.2, 0.25) is 11.1 Å². The lowest BCUT2D eigenvalue weighted by atomic mass is 10.9. The number of methoxy groups -OCH3 is 1. The molecule has 0 aliphatic carbocycles. The van der Waals surface area contributed by atoms with Crippen LogP contribution in [0.1, 0.15) is 6.92 Å². The minimum atomic E-state index is -0.571. The van der Waals surface area contributed by atoms with Crippen LogP contribution in [0.5, 0.6) is 0 Å². The van der Waals surface area contributed by atoms with Gasteiger partial charge in [0.05, 0.1) is 7.11 Å². The second kappa shape index (κ2) is 4.13. The van der Waals surface area contributed by atoms with E-state index in [0.29, 0.717) is 5.16 Å². The second-order valence-electron chi connectivity index (χ2n) is 2.08. The van der Waals surface area contributed by atoms with Crippen molar-refractivity contribution in [3.63, 3.8) is 0 Å². The van der Waals surface area contributed by atoms with Gasteiger partial charge in [0.1, 0.15) is 0 Å². The molecule has 1 rings (SSSR count). The van der Waals surface area contributed by atoms with Gasteiger partial charge in [0, 0.05) is 0 Å². The number of hydrogen-bond acceptors (Lipinski definition) is 6. The van der Waals surface area contributed by atoms with E-state index in [1.807, 2.05) is 6.92 Å². The summed E-state index contributed by atoms with van der Waals surface area (Å²) >= 11 is 1.37. The number of aromatic nitrogens is 3. The molecule has 1 aromatic heterocycles. The third kappa shape index (κ3) is 1.92. The molecule has 6 nitrogen and oxygen atoms in total. The van der Waals surface area contributed by atoms with Crippen LogP contribution in [0.3, 0.4) is 0 Å². The smallest absolute Gasteiger partial charge is 0.422 e. The minimum absolute atomic E-state index is 0.0443. The maximum atomic E-state index is 11.2. The molecule has 0 amide bonds. The van der Waals surface area contributed by atoms with Crippen LogP contribution >= 0.6 is 11.8 Å². The Morgan fingerprint density at radius 3 is 2.92 bits per heavy atom. The number of carbonyl (C=O) groups is 1. The summed E-state index contributed by atoms with van der Waals surface area (Å²) in [6, 6.07) is 0. The summed E-state index contributed by atoms with van der Waals surface area (Å²) in [5.74, 6) is 0.831. The number of rotatable bonds is 2. The predicted octanol–water partition coefficient (Wildman–Crippen LogP) is 0.587. The van der Waals surface area contributed by atoms with Crippen molar-refractivity contribution in [2.75, 3.05) is 18.6 Å². The van der Waals surface area contributed by atoms with Crippen molar-refractivity contribution in [3.8, 4) is 0 Å². The summed E-state index contributed by atoms with van der Waals surface area (Å²) in [5, 5.41) is 7.75. The highest BCUT2D eigenvalue weighted by atomic mass is 32.2. The zero-order chi connectivity index (χ0) is 9.84. The largest absolute Gasteiger partial charge is 0.452 e. The first-order chi connectivity index (χ1) is 6.20. The van der Waals surface area contributed by atoms with Crippen LogP contribution in [0.15, 0.2) is 5.16 Å². The number of ether oxygens (including phenoxy) is 1. The molecule has 13 heavy (non-hydrogen) atoms. The second-order valence-corrected chi connectivity index (χ2v) is 3.31. The number of carbonyl (C=O) groups excluding carboxylic acids is 1. The first-order valence-corrected chi connectivity index (χ1v) is 4.61. The van der Waals surface area contributed by atoms with E-state index in [0.717, 1.165) is 10.3 Å². The average molecular weight is 202 g/mol. The number of anilines is 1. The Morgan fingerprint density at radius 2 is 2.38 bits per heavy atom. The molecule has 72 valence electrons. The Hall–Kier alpha value is -1.24. The summed E-state index contributed by atoms with van der Waals surface area (Å²) in [5.41, 5.74) is 5.42. The molecule has 0 bridgehead atoms. The summed E-state index contributed by atoms with van der Waals surface area (Å²) in [6.45, 7) is 1.94. The van der Waals surface area contributed by atoms with Gasteiger partial charge >= 0.3 is 6.09 Å². The Labute approximate surface area is 79.5 Å². The van der Waals surface area contributed by atoms with Crippen LogP contribution in [0.25, 0.3) is 0 Å². The summed E-state index contributed by atoms with van der Waals surface area (Å²) in [7, 11) is 1.28. The number of hydrogen-bond donors (Lipinski definition) is 1. The molecule has 0 aliphatic rings. The predicted molar refractivity (Wildman–Crippen MR) is 48.6 cm³/mol. The molecule has 0 aliphatic heterocycles. The topological polar surface area (TPSA) is 83.0 Å². The van der Waals surface area contributed by atoms with E-state index in [-0.39, 0.29) is 5.95 Å². The Morgan fingerprint density at radius 1 is 1.69 bits per heavy atom. The van der Waals surface area contributed by atoms with Gasteiger partial charge in [-0.05, 0) is 5.75 Å². The molecular weight excluding hydrogens is 192 g/mol. The molecule has 0 fully saturated rings. The van der Waals surface area contributed by atoms with Crippen molar-refractivity contribution in [2.45, 2.75) is 12.1 Å². The molecular formula is C6H10N4O2S. The van der Waals surface area contributed by atoms with Crippen LogP contribution in [-0.2, 0) is 4.74 Å². The van der Waals surface area contributed by atoms with Crippen LogP contribution in [-0.4, -0.2) is 33.7 Å². The lowest BCUT2D eigenvalue weighted by molar-refractivity contribution is 0.171. The maximum Gasteiger partial charge on any atom is 0.422 e. The van der Waals surface area contributed by atoms with E-state index >= 15 is 0 Å². The monoisotopic (exact) mass is 202 g/mol. The molecule has 0 saturated heterocycles. The van der Waals surface area contributed by atoms with Crippen molar-refractivity contribution >= 4 is 23.8 Å². The Bertz CT molecular complexity index is 312. The van der Waals surface area contributed by atoms with Crippen molar-refractivity contribution in [2.24, 2.45) is 0 Å². The molecule has 0 radical (unpaired) electrons. The quantitative estimate of drug-likeness (QED) is 0.706. The van der Waals surface area contributed by atoms with Crippen LogP contribution in [0.4, 0.5) is 10.7 Å². The van der Waals surface area contributed by atoms with Gasteiger partial charge < -0.3 is 10.5 Å². The maximum absolute atomic E-state index is 11.2. The number of nitrogens with zero attached hydrogens (tertiary/aromatic N) is 3. The molecule has 1 aromatic rings.